The van der Waals surface area contributed by atoms with Crippen LogP contribution in [0.4, 0.5) is 5.69 Å². The molecule has 0 atom stereocenters. The fraction of sp³-hybridized carbons (Fsp3) is 0.316. The molecule has 24 heavy (non-hydrogen) atoms. The zero-order valence-corrected chi connectivity index (χ0v) is 14.8. The van der Waals surface area contributed by atoms with Crippen LogP contribution in [0.3, 0.4) is 0 Å². The van der Waals surface area contributed by atoms with Gasteiger partial charge < -0.3 is 4.90 Å². The van der Waals surface area contributed by atoms with E-state index in [1.165, 1.54) is 17.7 Å². The maximum Gasteiger partial charge on any atom is 0.258 e. The number of anilines is 1. The second-order valence-electron chi connectivity index (χ2n) is 6.14. The molecule has 0 unspecified atom stereocenters. The monoisotopic (exact) mass is 343 g/mol. The van der Waals surface area contributed by atoms with Crippen molar-refractivity contribution in [2.75, 3.05) is 17.7 Å². The Hall–Kier alpha value is -2.14. The number of carbonyl (C=O) groups excluding carboxylic acids is 1. The Morgan fingerprint density at radius 1 is 1.17 bits per heavy atom. The summed E-state index contributed by atoms with van der Waals surface area (Å²) in [7, 11) is -3.33. The van der Waals surface area contributed by atoms with Crippen LogP contribution >= 0.6 is 0 Å². The Bertz CT molecular complexity index is 873. The number of fused-ring (bicyclic) bond motifs is 1. The Balaban J connectivity index is 2.04. The molecule has 0 fully saturated rings. The number of benzene rings is 2. The predicted octanol–water partition coefficient (Wildman–Crippen LogP) is 3.25. The number of nitrogens with zero attached hydrogens (tertiary/aromatic N) is 1. The lowest BCUT2D eigenvalue weighted by Gasteiger charge is -2.31. The van der Waals surface area contributed by atoms with Gasteiger partial charge in [-0.1, -0.05) is 31.2 Å². The van der Waals surface area contributed by atoms with Crippen LogP contribution < -0.4 is 4.90 Å². The summed E-state index contributed by atoms with van der Waals surface area (Å²) in [6, 6.07) is 12.5. The van der Waals surface area contributed by atoms with Gasteiger partial charge in [-0.05, 0) is 48.6 Å². The molecule has 2 aromatic carbocycles. The second-order valence-corrected chi connectivity index (χ2v) is 8.15. The standard InChI is InChI=1S/C19H21NO3S/c1-3-14-7-4-8-15-10-6-12-20(18(14)15)19(21)16-9-5-11-17(13-16)24(2,22)23/h4-5,7-9,11,13H,3,6,10,12H2,1-2H3. The molecule has 2 aromatic rings. The molecule has 0 saturated heterocycles. The fourth-order valence-corrected chi connectivity index (χ4v) is 3.90. The highest BCUT2D eigenvalue weighted by Crippen LogP contribution is 2.32. The SMILES string of the molecule is CCc1cccc2c1N(C(=O)c1cccc(S(C)(=O)=O)c1)CCC2. The lowest BCUT2D eigenvalue weighted by Crippen LogP contribution is -2.36. The van der Waals surface area contributed by atoms with Crippen LogP contribution in [0.1, 0.15) is 34.8 Å². The van der Waals surface area contributed by atoms with Crippen molar-refractivity contribution in [2.45, 2.75) is 31.1 Å². The first-order chi connectivity index (χ1) is 11.4. The molecule has 126 valence electrons. The highest BCUT2D eigenvalue weighted by atomic mass is 32.2. The topological polar surface area (TPSA) is 54.5 Å². The average Bonchev–Trinajstić information content (AvgIpc) is 2.59. The average molecular weight is 343 g/mol. The summed E-state index contributed by atoms with van der Waals surface area (Å²) in [4.78, 5) is 15.0. The van der Waals surface area contributed by atoms with E-state index in [9.17, 15) is 13.2 Å². The first kappa shape index (κ1) is 16.7. The Kier molecular flexibility index (Phi) is 4.45. The predicted molar refractivity (Wildman–Crippen MR) is 95.4 cm³/mol. The highest BCUT2D eigenvalue weighted by molar-refractivity contribution is 7.90. The van der Waals surface area contributed by atoms with Gasteiger partial charge in [-0.3, -0.25) is 4.79 Å². The second kappa shape index (κ2) is 6.40. The summed E-state index contributed by atoms with van der Waals surface area (Å²) in [5.74, 6) is -0.137. The molecule has 4 nitrogen and oxygen atoms in total. The van der Waals surface area contributed by atoms with Crippen LogP contribution in [0.5, 0.6) is 0 Å². The van der Waals surface area contributed by atoms with Crippen LogP contribution in [-0.2, 0) is 22.7 Å². The quantitative estimate of drug-likeness (QED) is 0.860. The van der Waals surface area contributed by atoms with Gasteiger partial charge in [0.1, 0.15) is 0 Å². The zero-order valence-electron chi connectivity index (χ0n) is 14.0. The van der Waals surface area contributed by atoms with Crippen molar-refractivity contribution in [2.24, 2.45) is 0 Å². The highest BCUT2D eigenvalue weighted by Gasteiger charge is 2.26. The van der Waals surface area contributed by atoms with Gasteiger partial charge in [0.2, 0.25) is 0 Å². The molecule has 0 N–H and O–H groups in total. The number of hydrogen-bond acceptors (Lipinski definition) is 3. The van der Waals surface area contributed by atoms with E-state index >= 15 is 0 Å². The normalized spacial score (nSPS) is 14.3. The summed E-state index contributed by atoms with van der Waals surface area (Å²) in [6.45, 7) is 2.74. The van der Waals surface area contributed by atoms with Crippen molar-refractivity contribution in [1.29, 1.82) is 0 Å². The number of rotatable bonds is 3. The minimum Gasteiger partial charge on any atom is -0.308 e. The summed E-state index contributed by atoms with van der Waals surface area (Å²) < 4.78 is 23.5. The van der Waals surface area contributed by atoms with Crippen LogP contribution in [0.2, 0.25) is 0 Å². The van der Waals surface area contributed by atoms with Crippen LogP contribution in [0.25, 0.3) is 0 Å². The number of hydrogen-bond donors (Lipinski definition) is 0. The maximum absolute atomic E-state index is 13.0. The van der Waals surface area contributed by atoms with Gasteiger partial charge in [-0.25, -0.2) is 8.42 Å². The molecule has 0 saturated carbocycles. The summed E-state index contributed by atoms with van der Waals surface area (Å²) in [6.07, 6.45) is 3.90. The summed E-state index contributed by atoms with van der Waals surface area (Å²) >= 11 is 0. The molecular weight excluding hydrogens is 322 g/mol. The fourth-order valence-electron chi connectivity index (χ4n) is 3.24. The van der Waals surface area contributed by atoms with Gasteiger partial charge >= 0.3 is 0 Å². The summed E-state index contributed by atoms with van der Waals surface area (Å²) in [5.41, 5.74) is 3.76. The third-order valence-corrected chi connectivity index (χ3v) is 5.55. The maximum atomic E-state index is 13.0. The molecule has 5 heteroatoms. The first-order valence-corrected chi connectivity index (χ1v) is 10.0. The van der Waals surface area contributed by atoms with E-state index in [4.69, 9.17) is 0 Å². The van der Waals surface area contributed by atoms with E-state index in [0.29, 0.717) is 12.1 Å². The van der Waals surface area contributed by atoms with Crippen LogP contribution in [-0.4, -0.2) is 27.1 Å². The van der Waals surface area contributed by atoms with E-state index < -0.39 is 9.84 Å². The van der Waals surface area contributed by atoms with Gasteiger partial charge in [0.15, 0.2) is 9.84 Å². The molecule has 3 rings (SSSR count). The van der Waals surface area contributed by atoms with Crippen molar-refractivity contribution in [1.82, 2.24) is 0 Å². The molecule has 0 spiro atoms. The van der Waals surface area contributed by atoms with E-state index in [2.05, 4.69) is 19.1 Å². The Labute approximate surface area is 143 Å². The number of carbonyl (C=O) groups is 1. The molecule has 1 aliphatic heterocycles. The largest absolute Gasteiger partial charge is 0.308 e. The van der Waals surface area contributed by atoms with E-state index in [0.717, 1.165) is 36.8 Å². The molecule has 0 aliphatic carbocycles. The third kappa shape index (κ3) is 3.08. The molecule has 1 amide bonds. The number of sulfone groups is 1. The Morgan fingerprint density at radius 2 is 1.92 bits per heavy atom. The number of aryl methyl sites for hydroxylation is 2. The first-order valence-electron chi connectivity index (χ1n) is 8.14. The lowest BCUT2D eigenvalue weighted by molar-refractivity contribution is 0.0984. The molecule has 0 aromatic heterocycles. The van der Waals surface area contributed by atoms with E-state index in [1.807, 2.05) is 6.07 Å². The molecule has 1 aliphatic rings. The van der Waals surface area contributed by atoms with Crippen molar-refractivity contribution >= 4 is 21.4 Å². The van der Waals surface area contributed by atoms with Gasteiger partial charge in [-0.2, -0.15) is 0 Å². The van der Waals surface area contributed by atoms with Gasteiger partial charge in [-0.15, -0.1) is 0 Å². The van der Waals surface area contributed by atoms with E-state index in [-0.39, 0.29) is 10.8 Å². The minimum atomic E-state index is -3.33. The molecular formula is C19H21NO3S. The van der Waals surface area contributed by atoms with Gasteiger partial charge in [0.25, 0.3) is 5.91 Å². The van der Waals surface area contributed by atoms with Crippen molar-refractivity contribution in [3.63, 3.8) is 0 Å². The van der Waals surface area contributed by atoms with Crippen molar-refractivity contribution in [3.8, 4) is 0 Å². The molecule has 0 radical (unpaired) electrons. The molecule has 1 heterocycles. The van der Waals surface area contributed by atoms with E-state index in [1.54, 1.807) is 17.0 Å². The number of para-hydroxylation sites is 1. The van der Waals surface area contributed by atoms with Crippen LogP contribution in [0.15, 0.2) is 47.4 Å². The smallest absolute Gasteiger partial charge is 0.258 e. The van der Waals surface area contributed by atoms with Gasteiger partial charge in [0, 0.05) is 18.4 Å². The summed E-state index contributed by atoms with van der Waals surface area (Å²) in [5, 5.41) is 0. The third-order valence-electron chi connectivity index (χ3n) is 4.44. The van der Waals surface area contributed by atoms with Gasteiger partial charge in [0.05, 0.1) is 10.6 Å². The minimum absolute atomic E-state index is 0.137. The zero-order chi connectivity index (χ0) is 17.3. The van der Waals surface area contributed by atoms with Crippen LogP contribution in [0, 0.1) is 0 Å². The van der Waals surface area contributed by atoms with Crippen molar-refractivity contribution in [3.05, 3.63) is 59.2 Å². The van der Waals surface area contributed by atoms with Crippen molar-refractivity contribution < 1.29 is 13.2 Å². The Morgan fingerprint density at radius 3 is 2.62 bits per heavy atom. The lowest BCUT2D eigenvalue weighted by atomic mass is 9.96. The molecule has 0 bridgehead atoms. The number of amides is 1.